The average Bonchev–Trinajstić information content (AvgIpc) is 2.47. The van der Waals surface area contributed by atoms with Gasteiger partial charge in [0, 0.05) is 14.6 Å². The van der Waals surface area contributed by atoms with Crippen molar-refractivity contribution in [1.29, 1.82) is 0 Å². The molecule has 1 fully saturated rings. The van der Waals surface area contributed by atoms with Gasteiger partial charge in [-0.15, -0.1) is 0 Å². The first-order chi connectivity index (χ1) is 9.55. The van der Waals surface area contributed by atoms with E-state index in [1.807, 2.05) is 14.0 Å². The molecule has 0 aromatic heterocycles. The molecule has 0 aromatic rings. The summed E-state index contributed by atoms with van der Waals surface area (Å²) in [5, 5.41) is 9.27. The molecule has 1 unspecified atom stereocenters. The molecule has 0 bridgehead atoms. The van der Waals surface area contributed by atoms with Crippen molar-refractivity contribution >= 4 is 20.2 Å². The third-order valence-electron chi connectivity index (χ3n) is 3.90. The van der Waals surface area contributed by atoms with Crippen LogP contribution in [-0.4, -0.2) is 43.7 Å². The Morgan fingerprint density at radius 3 is 2.60 bits per heavy atom. The van der Waals surface area contributed by atoms with Crippen molar-refractivity contribution < 1.29 is 9.59 Å². The van der Waals surface area contributed by atoms with Gasteiger partial charge in [0.2, 0.25) is 5.91 Å². The summed E-state index contributed by atoms with van der Waals surface area (Å²) in [6.45, 7) is 4.29. The van der Waals surface area contributed by atoms with Crippen molar-refractivity contribution in [2.45, 2.75) is 38.1 Å². The summed E-state index contributed by atoms with van der Waals surface area (Å²) in [6, 6.07) is 0. The van der Waals surface area contributed by atoms with Crippen LogP contribution in [0.5, 0.6) is 0 Å². The maximum atomic E-state index is 12.3. The van der Waals surface area contributed by atoms with Gasteiger partial charge in [0.1, 0.15) is 5.54 Å². The van der Waals surface area contributed by atoms with E-state index < -0.39 is 5.54 Å². The normalized spacial score (nSPS) is 19.9. The van der Waals surface area contributed by atoms with Crippen molar-refractivity contribution in [1.82, 2.24) is 16.0 Å². The van der Waals surface area contributed by atoms with Crippen LogP contribution in [0.1, 0.15) is 32.6 Å². The van der Waals surface area contributed by atoms with E-state index in [0.29, 0.717) is 12.8 Å². The summed E-state index contributed by atoms with van der Waals surface area (Å²) < 4.78 is 0. The van der Waals surface area contributed by atoms with E-state index in [2.05, 4.69) is 16.0 Å². The molecule has 0 saturated carbocycles. The molecule has 0 radical (unpaired) electrons. The zero-order valence-electron chi connectivity index (χ0n) is 12.4. The fourth-order valence-corrected chi connectivity index (χ4v) is 3.06. The van der Waals surface area contributed by atoms with Crippen LogP contribution < -0.4 is 21.5 Å². The summed E-state index contributed by atoms with van der Waals surface area (Å²) in [5.41, 5.74) is 4.76. The SMILES string of the molecule is CNCCC[C@@H](C)C(=O)NC1(C(=O)PN)CCNCC1. The Hall–Kier alpha value is -0.550. The summed E-state index contributed by atoms with van der Waals surface area (Å²) in [7, 11) is 1.63. The molecule has 1 aliphatic heterocycles. The lowest BCUT2D eigenvalue weighted by atomic mass is 9.88. The molecule has 7 heteroatoms. The minimum atomic E-state index is -0.743. The highest BCUT2D eigenvalue weighted by Crippen LogP contribution is 2.26. The molecule has 20 heavy (non-hydrogen) atoms. The lowest BCUT2D eigenvalue weighted by molar-refractivity contribution is -0.131. The van der Waals surface area contributed by atoms with Gasteiger partial charge in [-0.1, -0.05) is 6.92 Å². The van der Waals surface area contributed by atoms with Gasteiger partial charge in [0.05, 0.1) is 0 Å². The number of nitrogens with two attached hydrogens (primary N) is 1. The van der Waals surface area contributed by atoms with Crippen LogP contribution >= 0.6 is 8.73 Å². The number of hydrogen-bond donors (Lipinski definition) is 4. The van der Waals surface area contributed by atoms with Gasteiger partial charge >= 0.3 is 0 Å². The predicted octanol–water partition coefficient (Wildman–Crippen LogP) is -0.0607. The molecule has 1 rings (SSSR count). The molecule has 2 atom stereocenters. The average molecular weight is 302 g/mol. The number of carbonyl (C=O) groups excluding carboxylic acids is 2. The second-order valence-corrected chi connectivity index (χ2v) is 6.18. The van der Waals surface area contributed by atoms with Crippen molar-refractivity contribution in [2.75, 3.05) is 26.7 Å². The summed E-state index contributed by atoms with van der Waals surface area (Å²) in [4.78, 5) is 24.4. The lowest BCUT2D eigenvalue weighted by Gasteiger charge is -2.37. The molecule has 0 aliphatic carbocycles. The van der Waals surface area contributed by atoms with E-state index >= 15 is 0 Å². The van der Waals surface area contributed by atoms with Crippen LogP contribution in [0.3, 0.4) is 0 Å². The molecular weight excluding hydrogens is 275 g/mol. The second kappa shape index (κ2) is 8.67. The van der Waals surface area contributed by atoms with Crippen LogP contribution in [-0.2, 0) is 9.59 Å². The summed E-state index contributed by atoms with van der Waals surface area (Å²) in [5.74, 6) is -0.112. The highest BCUT2D eigenvalue weighted by Gasteiger charge is 2.40. The summed E-state index contributed by atoms with van der Waals surface area (Å²) in [6.07, 6.45) is 3.03. The zero-order chi connectivity index (χ0) is 15.0. The third kappa shape index (κ3) is 4.77. The number of hydrogen-bond acceptors (Lipinski definition) is 5. The highest BCUT2D eigenvalue weighted by molar-refractivity contribution is 7.56. The van der Waals surface area contributed by atoms with Crippen molar-refractivity contribution in [3.8, 4) is 0 Å². The van der Waals surface area contributed by atoms with Crippen LogP contribution in [0, 0.1) is 5.92 Å². The van der Waals surface area contributed by atoms with Crippen LogP contribution in [0.25, 0.3) is 0 Å². The molecule has 0 aromatic carbocycles. The van der Waals surface area contributed by atoms with E-state index in [0.717, 1.165) is 32.5 Å². The predicted molar refractivity (Wildman–Crippen MR) is 82.8 cm³/mol. The minimum Gasteiger partial charge on any atom is -0.343 e. The zero-order valence-corrected chi connectivity index (χ0v) is 13.4. The first-order valence-electron chi connectivity index (χ1n) is 7.24. The number of piperidine rings is 1. The molecule has 5 N–H and O–H groups in total. The first kappa shape index (κ1) is 17.5. The first-order valence-corrected chi connectivity index (χ1v) is 8.32. The smallest absolute Gasteiger partial charge is 0.223 e. The van der Waals surface area contributed by atoms with Crippen LogP contribution in [0.15, 0.2) is 0 Å². The van der Waals surface area contributed by atoms with Gasteiger partial charge in [-0.2, -0.15) is 0 Å². The quantitative estimate of drug-likeness (QED) is 0.372. The number of rotatable bonds is 8. The van der Waals surface area contributed by atoms with Crippen LogP contribution in [0.2, 0.25) is 0 Å². The third-order valence-corrected chi connectivity index (χ3v) is 4.64. The highest BCUT2D eigenvalue weighted by atomic mass is 31.1. The minimum absolute atomic E-state index is 0.0326. The van der Waals surface area contributed by atoms with Gasteiger partial charge in [-0.3, -0.25) is 9.59 Å². The Morgan fingerprint density at radius 1 is 1.40 bits per heavy atom. The Balaban J connectivity index is 2.60. The number of nitrogens with one attached hydrogen (secondary N) is 3. The fourth-order valence-electron chi connectivity index (χ4n) is 2.48. The monoisotopic (exact) mass is 302 g/mol. The van der Waals surface area contributed by atoms with E-state index in [9.17, 15) is 9.59 Å². The molecule has 116 valence electrons. The van der Waals surface area contributed by atoms with Gasteiger partial charge in [0.25, 0.3) is 0 Å². The Labute approximate surface area is 122 Å². The largest absolute Gasteiger partial charge is 0.343 e. The molecule has 0 spiro atoms. The Kier molecular flexibility index (Phi) is 7.59. The van der Waals surface area contributed by atoms with Crippen molar-refractivity contribution in [3.63, 3.8) is 0 Å². The number of amides is 1. The van der Waals surface area contributed by atoms with E-state index in [-0.39, 0.29) is 26.1 Å². The van der Waals surface area contributed by atoms with Crippen LogP contribution in [0.4, 0.5) is 0 Å². The Morgan fingerprint density at radius 2 is 2.05 bits per heavy atom. The van der Waals surface area contributed by atoms with Crippen molar-refractivity contribution in [3.05, 3.63) is 0 Å². The standard InChI is InChI=1S/C13H27N4O2P/c1-10(4-3-7-15-2)11(18)17-13(12(19)20-14)5-8-16-9-6-13/h10,15-16,20H,3-9,14H2,1-2H3,(H,17,18)/t10-/m1/s1. The topological polar surface area (TPSA) is 96.2 Å². The maximum Gasteiger partial charge on any atom is 0.223 e. The molecule has 6 nitrogen and oxygen atoms in total. The van der Waals surface area contributed by atoms with Crippen molar-refractivity contribution in [2.24, 2.45) is 11.4 Å². The van der Waals surface area contributed by atoms with E-state index in [1.165, 1.54) is 0 Å². The fraction of sp³-hybridized carbons (Fsp3) is 0.846. The molecule has 1 saturated heterocycles. The van der Waals surface area contributed by atoms with Gasteiger partial charge < -0.3 is 21.5 Å². The molecular formula is C13H27N4O2P. The molecule has 1 heterocycles. The van der Waals surface area contributed by atoms with E-state index in [1.54, 1.807) is 0 Å². The summed E-state index contributed by atoms with van der Waals surface area (Å²) >= 11 is 0. The molecule has 1 amide bonds. The van der Waals surface area contributed by atoms with Gasteiger partial charge in [0.15, 0.2) is 5.52 Å². The second-order valence-electron chi connectivity index (χ2n) is 5.44. The lowest BCUT2D eigenvalue weighted by Crippen LogP contribution is -2.59. The van der Waals surface area contributed by atoms with Gasteiger partial charge in [-0.05, 0) is 52.4 Å². The van der Waals surface area contributed by atoms with E-state index in [4.69, 9.17) is 5.50 Å². The van der Waals surface area contributed by atoms with Gasteiger partial charge in [-0.25, -0.2) is 0 Å². The molecule has 1 aliphatic rings. The number of carbonyl (C=O) groups is 2. The Bertz CT molecular complexity index is 332. The maximum absolute atomic E-state index is 12.3.